The van der Waals surface area contributed by atoms with Gasteiger partial charge in [0.15, 0.2) is 11.5 Å². The van der Waals surface area contributed by atoms with Crippen molar-refractivity contribution in [2.75, 3.05) is 40.4 Å². The second-order valence-corrected chi connectivity index (χ2v) is 8.90. The molecule has 168 valence electrons. The first-order valence-electron chi connectivity index (χ1n) is 11.6. The van der Waals surface area contributed by atoms with Crippen LogP contribution in [-0.4, -0.2) is 50.2 Å². The minimum Gasteiger partial charge on any atom is -0.493 e. The summed E-state index contributed by atoms with van der Waals surface area (Å²) in [5.74, 6) is 2.08. The Bertz CT molecular complexity index is 828. The van der Waals surface area contributed by atoms with Gasteiger partial charge in [-0.05, 0) is 54.2 Å². The highest BCUT2D eigenvalue weighted by Gasteiger charge is 2.32. The molecule has 1 saturated carbocycles. The molecule has 1 aliphatic heterocycles. The summed E-state index contributed by atoms with van der Waals surface area (Å²) in [5, 5.41) is 0. The molecule has 1 saturated heterocycles. The zero-order valence-electron chi connectivity index (χ0n) is 18.9. The molecule has 0 spiro atoms. The molecule has 1 heterocycles. The normalized spacial score (nSPS) is 19.8. The maximum atomic E-state index is 13.6. The van der Waals surface area contributed by atoms with Gasteiger partial charge in [-0.25, -0.2) is 4.39 Å². The van der Waals surface area contributed by atoms with Gasteiger partial charge in [0.2, 0.25) is 0 Å². The number of halogens is 1. The highest BCUT2D eigenvalue weighted by atomic mass is 19.1. The second-order valence-electron chi connectivity index (χ2n) is 8.90. The third-order valence-corrected chi connectivity index (χ3v) is 6.96. The molecule has 2 aliphatic rings. The molecule has 0 radical (unpaired) electrons. The van der Waals surface area contributed by atoms with Crippen LogP contribution in [0.25, 0.3) is 0 Å². The van der Waals surface area contributed by atoms with E-state index in [4.69, 9.17) is 9.47 Å². The zero-order valence-corrected chi connectivity index (χ0v) is 18.9. The molecule has 31 heavy (non-hydrogen) atoms. The summed E-state index contributed by atoms with van der Waals surface area (Å²) in [6, 6.07) is 13.8. The molecule has 1 atom stereocenters. The van der Waals surface area contributed by atoms with Crippen LogP contribution in [0.15, 0.2) is 42.5 Å². The molecule has 1 unspecified atom stereocenters. The number of ether oxygens (including phenoxy) is 2. The fourth-order valence-corrected chi connectivity index (χ4v) is 5.33. The average Bonchev–Trinajstić information content (AvgIpc) is 2.82. The van der Waals surface area contributed by atoms with Gasteiger partial charge >= 0.3 is 0 Å². The van der Waals surface area contributed by atoms with Crippen molar-refractivity contribution >= 4 is 0 Å². The highest BCUT2D eigenvalue weighted by Crippen LogP contribution is 2.39. The van der Waals surface area contributed by atoms with Crippen LogP contribution in [0.5, 0.6) is 11.5 Å². The molecule has 4 nitrogen and oxygen atoms in total. The Kier molecular flexibility index (Phi) is 7.46. The Morgan fingerprint density at radius 3 is 2.19 bits per heavy atom. The van der Waals surface area contributed by atoms with E-state index in [-0.39, 0.29) is 5.82 Å². The number of methoxy groups -OCH3 is 2. The van der Waals surface area contributed by atoms with E-state index in [2.05, 4.69) is 21.9 Å². The van der Waals surface area contributed by atoms with Crippen LogP contribution in [0.1, 0.15) is 49.3 Å². The van der Waals surface area contributed by atoms with Crippen molar-refractivity contribution in [3.05, 3.63) is 59.4 Å². The molecule has 0 N–H and O–H groups in total. The van der Waals surface area contributed by atoms with Crippen LogP contribution in [0.3, 0.4) is 0 Å². The summed E-state index contributed by atoms with van der Waals surface area (Å²) in [7, 11) is 3.35. The third-order valence-electron chi connectivity index (χ3n) is 6.96. The van der Waals surface area contributed by atoms with Gasteiger partial charge in [-0.1, -0.05) is 37.5 Å². The van der Waals surface area contributed by atoms with Crippen LogP contribution >= 0.6 is 0 Å². The quantitative estimate of drug-likeness (QED) is 0.601. The standard InChI is InChI=1S/C26H35FN2O2/c1-30-24-13-8-20(18-25(24)31-2)19-28-14-16-29(17-15-28)26(21-6-4-3-5-7-21)22-9-11-23(27)12-10-22/h8-13,18,21,26H,3-7,14-17,19H2,1-2H3. The predicted molar refractivity (Wildman–Crippen MR) is 122 cm³/mol. The lowest BCUT2D eigenvalue weighted by Gasteiger charge is -2.43. The minimum atomic E-state index is -0.147. The number of hydrogen-bond donors (Lipinski definition) is 0. The molecule has 2 fully saturated rings. The Morgan fingerprint density at radius 1 is 0.871 bits per heavy atom. The Labute approximate surface area is 185 Å². The van der Waals surface area contributed by atoms with Crippen molar-refractivity contribution in [2.24, 2.45) is 5.92 Å². The molecule has 0 amide bonds. The molecule has 2 aromatic rings. The Balaban J connectivity index is 1.42. The number of benzene rings is 2. The number of rotatable bonds is 7. The summed E-state index contributed by atoms with van der Waals surface area (Å²) >= 11 is 0. The van der Waals surface area contributed by atoms with E-state index in [9.17, 15) is 4.39 Å². The maximum absolute atomic E-state index is 13.6. The van der Waals surface area contributed by atoms with Crippen LogP contribution in [0, 0.1) is 11.7 Å². The summed E-state index contributed by atoms with van der Waals surface area (Å²) in [6.45, 7) is 5.09. The molecule has 4 rings (SSSR count). The first kappa shape index (κ1) is 22.1. The molecular weight excluding hydrogens is 391 g/mol. The fraction of sp³-hybridized carbons (Fsp3) is 0.538. The van der Waals surface area contributed by atoms with Gasteiger partial charge in [0.05, 0.1) is 14.2 Å². The molecule has 5 heteroatoms. The molecule has 2 aromatic carbocycles. The van der Waals surface area contributed by atoms with Crippen LogP contribution < -0.4 is 9.47 Å². The van der Waals surface area contributed by atoms with Crippen LogP contribution in [0.2, 0.25) is 0 Å². The first-order valence-corrected chi connectivity index (χ1v) is 11.6. The fourth-order valence-electron chi connectivity index (χ4n) is 5.33. The lowest BCUT2D eigenvalue weighted by molar-refractivity contribution is 0.0547. The molecule has 0 aromatic heterocycles. The van der Waals surface area contributed by atoms with Crippen LogP contribution in [-0.2, 0) is 6.54 Å². The molecule has 0 bridgehead atoms. The van der Waals surface area contributed by atoms with Gasteiger partial charge in [0.1, 0.15) is 5.82 Å². The van der Waals surface area contributed by atoms with Gasteiger partial charge in [-0.3, -0.25) is 9.80 Å². The summed E-state index contributed by atoms with van der Waals surface area (Å²) in [6.07, 6.45) is 6.57. The van der Waals surface area contributed by atoms with E-state index in [1.807, 2.05) is 18.2 Å². The van der Waals surface area contributed by atoms with Gasteiger partial charge < -0.3 is 9.47 Å². The lowest BCUT2D eigenvalue weighted by atomic mass is 9.80. The van der Waals surface area contributed by atoms with Crippen LogP contribution in [0.4, 0.5) is 4.39 Å². The van der Waals surface area contributed by atoms with Crippen molar-refractivity contribution in [1.29, 1.82) is 0 Å². The van der Waals surface area contributed by atoms with Crippen molar-refractivity contribution in [3.8, 4) is 11.5 Å². The van der Waals surface area contributed by atoms with Gasteiger partial charge in [-0.15, -0.1) is 0 Å². The lowest BCUT2D eigenvalue weighted by Crippen LogP contribution is -2.48. The maximum Gasteiger partial charge on any atom is 0.161 e. The highest BCUT2D eigenvalue weighted by molar-refractivity contribution is 5.42. The largest absolute Gasteiger partial charge is 0.493 e. The van der Waals surface area contributed by atoms with Gasteiger partial charge in [0, 0.05) is 38.8 Å². The van der Waals surface area contributed by atoms with E-state index >= 15 is 0 Å². The predicted octanol–water partition coefficient (Wildman–Crippen LogP) is 5.28. The molecular formula is C26H35FN2O2. The SMILES string of the molecule is COc1ccc(CN2CCN(C(c3ccc(F)cc3)C3CCCCC3)CC2)cc1OC. The Hall–Kier alpha value is -2.11. The number of hydrogen-bond acceptors (Lipinski definition) is 4. The van der Waals surface area contributed by atoms with Gasteiger partial charge in [-0.2, -0.15) is 0 Å². The third kappa shape index (κ3) is 5.39. The molecule has 1 aliphatic carbocycles. The number of piperazine rings is 1. The van der Waals surface area contributed by atoms with E-state index in [1.165, 1.54) is 43.2 Å². The summed E-state index contributed by atoms with van der Waals surface area (Å²) < 4.78 is 24.4. The Morgan fingerprint density at radius 2 is 1.55 bits per heavy atom. The van der Waals surface area contributed by atoms with Crippen molar-refractivity contribution in [3.63, 3.8) is 0 Å². The van der Waals surface area contributed by atoms with Crippen molar-refractivity contribution in [2.45, 2.75) is 44.7 Å². The van der Waals surface area contributed by atoms with E-state index in [1.54, 1.807) is 26.4 Å². The summed E-state index contributed by atoms with van der Waals surface area (Å²) in [5.41, 5.74) is 2.52. The van der Waals surface area contributed by atoms with Gasteiger partial charge in [0.25, 0.3) is 0 Å². The number of nitrogens with zero attached hydrogens (tertiary/aromatic N) is 2. The average molecular weight is 427 g/mol. The topological polar surface area (TPSA) is 24.9 Å². The van der Waals surface area contributed by atoms with Crippen molar-refractivity contribution in [1.82, 2.24) is 9.80 Å². The van der Waals surface area contributed by atoms with Crippen molar-refractivity contribution < 1.29 is 13.9 Å². The second kappa shape index (κ2) is 10.5. The smallest absolute Gasteiger partial charge is 0.161 e. The first-order chi connectivity index (χ1) is 15.2. The van der Waals surface area contributed by atoms with E-state index in [0.29, 0.717) is 12.0 Å². The minimum absolute atomic E-state index is 0.147. The zero-order chi connectivity index (χ0) is 21.6. The van der Waals surface area contributed by atoms with E-state index in [0.717, 1.165) is 44.2 Å². The summed E-state index contributed by atoms with van der Waals surface area (Å²) in [4.78, 5) is 5.16. The monoisotopic (exact) mass is 426 g/mol. The van der Waals surface area contributed by atoms with E-state index < -0.39 is 0 Å².